The van der Waals surface area contributed by atoms with Crippen LogP contribution in [0.15, 0.2) is 60.8 Å². The van der Waals surface area contributed by atoms with Crippen molar-refractivity contribution < 1.29 is 36.6 Å². The van der Waals surface area contributed by atoms with Crippen molar-refractivity contribution in [1.29, 1.82) is 0 Å². The Morgan fingerprint density at radius 1 is 0.939 bits per heavy atom. The van der Waals surface area contributed by atoms with E-state index in [4.69, 9.17) is 16.7 Å². The Kier molecular flexibility index (Phi) is 5.45. The average Bonchev–Trinajstić information content (AvgIpc) is 3.13. The van der Waals surface area contributed by atoms with Crippen LogP contribution in [0.25, 0.3) is 16.6 Å². The number of hydrogen-bond acceptors (Lipinski definition) is 2. The smallest absolute Gasteiger partial charge is 0.417 e. The fraction of sp³-hybridized carbons (Fsp3) is 0.0435. The van der Waals surface area contributed by atoms with Crippen molar-refractivity contribution in [2.45, 2.75) is 6.18 Å². The number of rotatable bonds is 4. The Bertz CT molecular complexity index is 1440. The minimum atomic E-state index is -4.89. The molecular formula is C23H11ClF5NO3. The second-order valence-electron chi connectivity index (χ2n) is 7.01. The number of para-hydroxylation sites is 1. The lowest BCUT2D eigenvalue weighted by molar-refractivity contribution is -0.137. The molecule has 0 fully saturated rings. The van der Waals surface area contributed by atoms with Crippen LogP contribution in [-0.4, -0.2) is 21.4 Å². The van der Waals surface area contributed by atoms with Crippen LogP contribution >= 0.6 is 11.6 Å². The summed E-state index contributed by atoms with van der Waals surface area (Å²) in [5, 5.41) is 8.50. The first-order valence-corrected chi connectivity index (χ1v) is 9.61. The van der Waals surface area contributed by atoms with E-state index < -0.39 is 45.7 Å². The predicted molar refractivity (Wildman–Crippen MR) is 110 cm³/mol. The van der Waals surface area contributed by atoms with E-state index in [1.54, 1.807) is 0 Å². The first-order chi connectivity index (χ1) is 15.5. The molecule has 0 aliphatic rings. The molecule has 4 rings (SSSR count). The number of halogens is 6. The Labute approximate surface area is 187 Å². The Morgan fingerprint density at radius 3 is 2.27 bits per heavy atom. The lowest BCUT2D eigenvalue weighted by Crippen LogP contribution is -2.14. The number of fused-ring (bicyclic) bond motifs is 1. The van der Waals surface area contributed by atoms with E-state index in [9.17, 15) is 31.5 Å². The van der Waals surface area contributed by atoms with Gasteiger partial charge in [-0.15, -0.1) is 0 Å². The summed E-state index contributed by atoms with van der Waals surface area (Å²) < 4.78 is 71.0. The summed E-state index contributed by atoms with van der Waals surface area (Å²) in [6.07, 6.45) is -3.89. The van der Waals surface area contributed by atoms with Crippen LogP contribution in [0.3, 0.4) is 0 Å². The van der Waals surface area contributed by atoms with Crippen molar-refractivity contribution >= 4 is 34.3 Å². The average molecular weight is 480 g/mol. The van der Waals surface area contributed by atoms with Gasteiger partial charge in [-0.3, -0.25) is 4.79 Å². The number of carboxylic acids is 1. The molecule has 33 heavy (non-hydrogen) atoms. The molecule has 0 atom stereocenters. The molecule has 0 saturated heterocycles. The highest BCUT2D eigenvalue weighted by Crippen LogP contribution is 2.38. The van der Waals surface area contributed by atoms with E-state index >= 15 is 0 Å². The van der Waals surface area contributed by atoms with Crippen molar-refractivity contribution in [3.8, 4) is 5.69 Å². The monoisotopic (exact) mass is 479 g/mol. The fourth-order valence-corrected chi connectivity index (χ4v) is 3.83. The number of nitrogens with zero attached hydrogens (tertiary/aromatic N) is 1. The highest BCUT2D eigenvalue weighted by atomic mass is 35.5. The molecule has 3 aromatic carbocycles. The van der Waals surface area contributed by atoms with E-state index in [2.05, 4.69) is 0 Å². The van der Waals surface area contributed by atoms with Gasteiger partial charge < -0.3 is 9.67 Å². The van der Waals surface area contributed by atoms with Gasteiger partial charge in [0.2, 0.25) is 0 Å². The molecule has 0 aliphatic carbocycles. The van der Waals surface area contributed by atoms with Crippen LogP contribution in [0.4, 0.5) is 22.0 Å². The molecule has 0 spiro atoms. The predicted octanol–water partition coefficient (Wildman–Crippen LogP) is 6.51. The van der Waals surface area contributed by atoms with E-state index in [1.165, 1.54) is 12.1 Å². The van der Waals surface area contributed by atoms with Crippen LogP contribution in [-0.2, 0) is 6.18 Å². The fourth-order valence-electron chi connectivity index (χ4n) is 3.57. The molecule has 168 valence electrons. The molecule has 1 N–H and O–H groups in total. The summed E-state index contributed by atoms with van der Waals surface area (Å²) in [6, 6.07) is 9.30. The molecule has 10 heteroatoms. The minimum Gasteiger partial charge on any atom is -0.478 e. The largest absolute Gasteiger partial charge is 0.478 e. The van der Waals surface area contributed by atoms with Crippen molar-refractivity contribution in [1.82, 2.24) is 4.57 Å². The second kappa shape index (κ2) is 8.00. The molecule has 0 radical (unpaired) electrons. The summed E-state index contributed by atoms with van der Waals surface area (Å²) in [4.78, 5) is 24.3. The van der Waals surface area contributed by atoms with Crippen LogP contribution < -0.4 is 0 Å². The zero-order chi connectivity index (χ0) is 24.1. The maximum atomic E-state index is 14.7. The molecular weight excluding hydrogens is 469 g/mol. The third-order valence-electron chi connectivity index (χ3n) is 5.02. The maximum Gasteiger partial charge on any atom is 0.417 e. The van der Waals surface area contributed by atoms with Gasteiger partial charge in [0.1, 0.15) is 11.6 Å². The third-order valence-corrected chi connectivity index (χ3v) is 5.34. The van der Waals surface area contributed by atoms with E-state index in [0.29, 0.717) is 12.1 Å². The SMILES string of the molecule is O=C(O)c1ccc(-n2cc(C(=O)c3c(Cl)cccc3C(F)(F)F)c3cccc(F)c32)c(F)c1. The van der Waals surface area contributed by atoms with E-state index in [1.807, 2.05) is 0 Å². The maximum absolute atomic E-state index is 14.7. The Morgan fingerprint density at radius 2 is 1.64 bits per heavy atom. The molecule has 0 unspecified atom stereocenters. The van der Waals surface area contributed by atoms with Crippen LogP contribution in [0.5, 0.6) is 0 Å². The quantitative estimate of drug-likeness (QED) is 0.268. The lowest BCUT2D eigenvalue weighted by atomic mass is 9.97. The highest BCUT2D eigenvalue weighted by Gasteiger charge is 2.37. The van der Waals surface area contributed by atoms with Crippen molar-refractivity contribution in [2.75, 3.05) is 0 Å². The van der Waals surface area contributed by atoms with E-state index in [-0.39, 0.29) is 27.7 Å². The Hall–Kier alpha value is -3.72. The minimum absolute atomic E-state index is 0.0743. The van der Waals surface area contributed by atoms with Crippen LogP contribution in [0.1, 0.15) is 31.8 Å². The van der Waals surface area contributed by atoms with Gasteiger partial charge in [-0.1, -0.05) is 29.8 Å². The summed E-state index contributed by atoms with van der Waals surface area (Å²) in [6.45, 7) is 0. The number of carbonyl (C=O) groups excluding carboxylic acids is 1. The standard InChI is InChI=1S/C23H11ClF5NO3/c24-15-5-2-4-14(23(27,28)29)19(15)21(31)13-10-30(20-12(13)3-1-6-16(20)25)18-8-7-11(22(32)33)9-17(18)26/h1-10H,(H,32,33). The normalized spacial score (nSPS) is 11.7. The zero-order valence-corrected chi connectivity index (χ0v) is 17.0. The van der Waals surface area contributed by atoms with Gasteiger partial charge in [0, 0.05) is 17.1 Å². The highest BCUT2D eigenvalue weighted by molar-refractivity contribution is 6.36. The van der Waals surface area contributed by atoms with Gasteiger partial charge in [0.05, 0.1) is 32.9 Å². The second-order valence-corrected chi connectivity index (χ2v) is 7.42. The number of carbonyl (C=O) groups is 2. The summed E-state index contributed by atoms with van der Waals surface area (Å²) >= 11 is 5.94. The van der Waals surface area contributed by atoms with Gasteiger partial charge in [0.25, 0.3) is 0 Å². The molecule has 0 bridgehead atoms. The van der Waals surface area contributed by atoms with Gasteiger partial charge in [-0.05, 0) is 36.4 Å². The molecule has 4 aromatic rings. The van der Waals surface area contributed by atoms with Gasteiger partial charge in [-0.2, -0.15) is 13.2 Å². The van der Waals surface area contributed by atoms with Crippen molar-refractivity contribution in [2.24, 2.45) is 0 Å². The van der Waals surface area contributed by atoms with Crippen molar-refractivity contribution in [3.63, 3.8) is 0 Å². The molecule has 0 amide bonds. The number of ketones is 1. The summed E-state index contributed by atoms with van der Waals surface area (Å²) in [5.41, 5.74) is -3.38. The topological polar surface area (TPSA) is 59.3 Å². The molecule has 4 nitrogen and oxygen atoms in total. The first kappa shape index (κ1) is 22.5. The van der Waals surface area contributed by atoms with Crippen LogP contribution in [0, 0.1) is 11.6 Å². The van der Waals surface area contributed by atoms with Gasteiger partial charge in [0.15, 0.2) is 5.78 Å². The molecule has 1 aromatic heterocycles. The molecule has 0 aliphatic heterocycles. The van der Waals surface area contributed by atoms with Crippen molar-refractivity contribution in [3.05, 3.63) is 99.7 Å². The number of hydrogen-bond donors (Lipinski definition) is 1. The van der Waals surface area contributed by atoms with Gasteiger partial charge in [-0.25, -0.2) is 13.6 Å². The first-order valence-electron chi connectivity index (χ1n) is 9.24. The number of aromatic nitrogens is 1. The molecule has 0 saturated carbocycles. The summed E-state index contributed by atoms with van der Waals surface area (Å²) in [5.74, 6) is -4.44. The van der Waals surface area contributed by atoms with Crippen LogP contribution in [0.2, 0.25) is 5.02 Å². The van der Waals surface area contributed by atoms with E-state index in [0.717, 1.165) is 41.1 Å². The lowest BCUT2D eigenvalue weighted by Gasteiger charge is -2.13. The number of aromatic carboxylic acids is 1. The third kappa shape index (κ3) is 3.84. The molecule has 1 heterocycles. The number of alkyl halides is 3. The number of carboxylic acid groups (broad SMARTS) is 1. The zero-order valence-electron chi connectivity index (χ0n) is 16.3. The Balaban J connectivity index is 1.99. The number of benzene rings is 3. The summed E-state index contributed by atoms with van der Waals surface area (Å²) in [7, 11) is 0. The van der Waals surface area contributed by atoms with Gasteiger partial charge >= 0.3 is 12.1 Å².